The maximum absolute atomic E-state index is 9.81. The molecule has 94 valence electrons. The van der Waals surface area contributed by atoms with Crippen molar-refractivity contribution in [1.29, 1.82) is 0 Å². The molecule has 0 unspecified atom stereocenters. The molecule has 1 aromatic carbocycles. The Morgan fingerprint density at radius 1 is 1.41 bits per heavy atom. The van der Waals surface area contributed by atoms with Crippen molar-refractivity contribution in [2.24, 2.45) is 4.99 Å². The van der Waals surface area contributed by atoms with E-state index in [1.165, 1.54) is 0 Å². The molecule has 0 heterocycles. The molecule has 1 N–H and O–H groups in total. The minimum absolute atomic E-state index is 0.244. The summed E-state index contributed by atoms with van der Waals surface area (Å²) in [6, 6.07) is 3.78. The van der Waals surface area contributed by atoms with E-state index in [1.54, 1.807) is 12.1 Å². The molecule has 0 saturated heterocycles. The van der Waals surface area contributed by atoms with Crippen LogP contribution in [0, 0.1) is 6.92 Å². The zero-order valence-corrected chi connectivity index (χ0v) is 11.5. The lowest BCUT2D eigenvalue weighted by molar-refractivity contribution is 0.476. The number of nitrogens with zero attached hydrogens (tertiary/aromatic N) is 1. The molecule has 1 rings (SSSR count). The van der Waals surface area contributed by atoms with Gasteiger partial charge in [0.15, 0.2) is 0 Å². The minimum atomic E-state index is 0.244. The number of hydrogen-bond acceptors (Lipinski definition) is 2. The van der Waals surface area contributed by atoms with E-state index in [0.29, 0.717) is 5.69 Å². The monoisotopic (exact) mass is 233 g/mol. The van der Waals surface area contributed by atoms with Gasteiger partial charge in [0.25, 0.3) is 0 Å². The van der Waals surface area contributed by atoms with Crippen molar-refractivity contribution < 1.29 is 5.11 Å². The zero-order valence-electron chi connectivity index (χ0n) is 11.5. The number of aromatic hydroxyl groups is 1. The third-order valence-corrected chi connectivity index (χ3v) is 2.28. The van der Waals surface area contributed by atoms with Crippen LogP contribution in [0.15, 0.2) is 29.8 Å². The second-order valence-corrected chi connectivity index (χ2v) is 3.60. The Labute approximate surface area is 105 Å². The topological polar surface area (TPSA) is 32.6 Å². The van der Waals surface area contributed by atoms with Crippen LogP contribution in [0.4, 0.5) is 5.69 Å². The highest BCUT2D eigenvalue weighted by molar-refractivity contribution is 5.94. The second kappa shape index (κ2) is 7.66. The van der Waals surface area contributed by atoms with Gasteiger partial charge < -0.3 is 5.11 Å². The number of aliphatic imine (C=N–C) groups is 1. The Hall–Kier alpha value is -1.57. The summed E-state index contributed by atoms with van der Waals surface area (Å²) >= 11 is 0. The summed E-state index contributed by atoms with van der Waals surface area (Å²) in [7, 11) is 0. The molecule has 2 heteroatoms. The molecule has 0 spiro atoms. The SMILES string of the molecule is C=CC(C)=Nc1c(O)cc(C)cc1CC.CC. The first-order valence-electron chi connectivity index (χ1n) is 6.08. The fourth-order valence-corrected chi connectivity index (χ4v) is 1.45. The fourth-order valence-electron chi connectivity index (χ4n) is 1.45. The molecule has 0 aliphatic heterocycles. The van der Waals surface area contributed by atoms with E-state index in [1.807, 2.05) is 27.7 Å². The first-order chi connectivity index (χ1) is 8.08. The van der Waals surface area contributed by atoms with E-state index < -0.39 is 0 Å². The van der Waals surface area contributed by atoms with Crippen LogP contribution in [0.2, 0.25) is 0 Å². The second-order valence-electron chi connectivity index (χ2n) is 3.60. The first kappa shape index (κ1) is 15.4. The van der Waals surface area contributed by atoms with E-state index >= 15 is 0 Å². The number of hydrogen-bond donors (Lipinski definition) is 1. The Morgan fingerprint density at radius 2 is 2.00 bits per heavy atom. The summed E-state index contributed by atoms with van der Waals surface area (Å²) in [6.07, 6.45) is 2.54. The van der Waals surface area contributed by atoms with Crippen LogP contribution >= 0.6 is 0 Å². The van der Waals surface area contributed by atoms with E-state index in [4.69, 9.17) is 0 Å². The molecular weight excluding hydrogens is 210 g/mol. The van der Waals surface area contributed by atoms with E-state index in [2.05, 4.69) is 24.6 Å². The van der Waals surface area contributed by atoms with Crippen molar-refractivity contribution >= 4 is 11.4 Å². The highest BCUT2D eigenvalue weighted by Crippen LogP contribution is 2.32. The van der Waals surface area contributed by atoms with Gasteiger partial charge in [0, 0.05) is 5.71 Å². The largest absolute Gasteiger partial charge is 0.506 e. The number of phenolic OH excluding ortho intramolecular Hbond substituents is 1. The summed E-state index contributed by atoms with van der Waals surface area (Å²) in [5.41, 5.74) is 3.60. The van der Waals surface area contributed by atoms with Gasteiger partial charge in [0.2, 0.25) is 0 Å². The van der Waals surface area contributed by atoms with Crippen LogP contribution in [0.3, 0.4) is 0 Å². The maximum Gasteiger partial charge on any atom is 0.141 e. The molecule has 1 aromatic rings. The number of aryl methyl sites for hydroxylation is 2. The van der Waals surface area contributed by atoms with Crippen molar-refractivity contribution in [3.63, 3.8) is 0 Å². The number of rotatable bonds is 3. The Morgan fingerprint density at radius 3 is 2.47 bits per heavy atom. The van der Waals surface area contributed by atoms with Crippen LogP contribution in [-0.4, -0.2) is 10.8 Å². The first-order valence-corrected chi connectivity index (χ1v) is 6.08. The van der Waals surface area contributed by atoms with Crippen molar-refractivity contribution in [3.8, 4) is 5.75 Å². The third kappa shape index (κ3) is 4.43. The van der Waals surface area contributed by atoms with E-state index in [9.17, 15) is 5.11 Å². The average molecular weight is 233 g/mol. The smallest absolute Gasteiger partial charge is 0.141 e. The lowest BCUT2D eigenvalue weighted by atomic mass is 10.1. The van der Waals surface area contributed by atoms with Gasteiger partial charge in [-0.2, -0.15) is 0 Å². The van der Waals surface area contributed by atoms with Gasteiger partial charge >= 0.3 is 0 Å². The van der Waals surface area contributed by atoms with Crippen molar-refractivity contribution in [2.75, 3.05) is 0 Å². The van der Waals surface area contributed by atoms with Gasteiger partial charge in [-0.15, -0.1) is 0 Å². The van der Waals surface area contributed by atoms with E-state index in [0.717, 1.165) is 23.3 Å². The minimum Gasteiger partial charge on any atom is -0.506 e. The molecule has 0 fully saturated rings. The highest BCUT2D eigenvalue weighted by Gasteiger charge is 2.06. The van der Waals surface area contributed by atoms with Crippen molar-refractivity contribution in [1.82, 2.24) is 0 Å². The Balaban J connectivity index is 0.00000121. The molecular formula is C15H23NO. The summed E-state index contributed by atoms with van der Waals surface area (Å²) in [5.74, 6) is 0.244. The normalized spacial score (nSPS) is 10.5. The standard InChI is InChI=1S/C13H17NO.C2H6/c1-5-10(4)14-13-11(6-2)7-9(3)8-12(13)15;1-2/h5,7-8,15H,1,6H2,2-4H3;1-2H3. The summed E-state index contributed by atoms with van der Waals surface area (Å²) in [5, 5.41) is 9.81. The fraction of sp³-hybridized carbons (Fsp3) is 0.400. The van der Waals surface area contributed by atoms with Gasteiger partial charge in [0.1, 0.15) is 11.4 Å². The molecule has 0 amide bonds. The van der Waals surface area contributed by atoms with Crippen LogP contribution in [0.25, 0.3) is 0 Å². The molecule has 0 atom stereocenters. The zero-order chi connectivity index (χ0) is 13.4. The van der Waals surface area contributed by atoms with Crippen molar-refractivity contribution in [3.05, 3.63) is 35.9 Å². The Kier molecular flexibility index (Phi) is 6.95. The maximum atomic E-state index is 9.81. The number of phenols is 1. The van der Waals surface area contributed by atoms with Crippen LogP contribution < -0.4 is 0 Å². The van der Waals surface area contributed by atoms with Gasteiger partial charge in [-0.05, 0) is 43.5 Å². The predicted molar refractivity (Wildman–Crippen MR) is 76.5 cm³/mol. The van der Waals surface area contributed by atoms with Crippen molar-refractivity contribution in [2.45, 2.75) is 41.0 Å². The van der Waals surface area contributed by atoms with E-state index in [-0.39, 0.29) is 5.75 Å². The number of allylic oxidation sites excluding steroid dienone is 1. The summed E-state index contributed by atoms with van der Waals surface area (Å²) < 4.78 is 0. The summed E-state index contributed by atoms with van der Waals surface area (Å²) in [4.78, 5) is 4.34. The lowest BCUT2D eigenvalue weighted by Gasteiger charge is -2.07. The summed E-state index contributed by atoms with van der Waals surface area (Å²) in [6.45, 7) is 13.5. The quantitative estimate of drug-likeness (QED) is 0.762. The molecule has 0 aliphatic rings. The highest BCUT2D eigenvalue weighted by atomic mass is 16.3. The molecule has 0 saturated carbocycles. The molecule has 0 aliphatic carbocycles. The van der Waals surface area contributed by atoms with Crippen LogP contribution in [-0.2, 0) is 6.42 Å². The molecule has 0 bridgehead atoms. The lowest BCUT2D eigenvalue weighted by Crippen LogP contribution is -1.88. The molecule has 2 nitrogen and oxygen atoms in total. The van der Waals surface area contributed by atoms with Gasteiger partial charge in [-0.1, -0.05) is 33.4 Å². The average Bonchev–Trinajstić information content (AvgIpc) is 2.34. The number of benzene rings is 1. The van der Waals surface area contributed by atoms with Crippen LogP contribution in [0.1, 0.15) is 38.8 Å². The third-order valence-electron chi connectivity index (χ3n) is 2.28. The molecule has 0 radical (unpaired) electrons. The van der Waals surface area contributed by atoms with Gasteiger partial charge in [0.05, 0.1) is 0 Å². The Bertz CT molecular complexity index is 406. The van der Waals surface area contributed by atoms with Gasteiger partial charge in [-0.25, -0.2) is 4.99 Å². The molecule has 0 aromatic heterocycles. The predicted octanol–water partition coefficient (Wildman–Crippen LogP) is 4.57. The molecule has 17 heavy (non-hydrogen) atoms. The van der Waals surface area contributed by atoms with Crippen LogP contribution in [0.5, 0.6) is 5.75 Å². The van der Waals surface area contributed by atoms with Gasteiger partial charge in [-0.3, -0.25) is 0 Å².